The maximum atomic E-state index is 11.7. The van der Waals surface area contributed by atoms with Gasteiger partial charge in [-0.1, -0.05) is 36.8 Å². The van der Waals surface area contributed by atoms with E-state index in [-0.39, 0.29) is 5.91 Å². The Morgan fingerprint density at radius 3 is 2.56 bits per heavy atom. The van der Waals surface area contributed by atoms with Crippen molar-refractivity contribution in [3.63, 3.8) is 0 Å². The van der Waals surface area contributed by atoms with Gasteiger partial charge in [-0.05, 0) is 31.5 Å². The Labute approximate surface area is 109 Å². The number of likely N-dealkylation sites (tertiary alicyclic amines) is 1. The number of nitrogens with zero attached hydrogens (tertiary/aromatic N) is 1. The third-order valence-corrected chi connectivity index (χ3v) is 3.44. The SMILES string of the molecule is O=C(CCN1CCCCC1)NCc1ccccc1. The number of piperidine rings is 1. The van der Waals surface area contributed by atoms with Crippen LogP contribution in [0.1, 0.15) is 31.2 Å². The third kappa shape index (κ3) is 4.49. The maximum Gasteiger partial charge on any atom is 0.221 e. The normalized spacial score (nSPS) is 16.4. The molecule has 1 aliphatic heterocycles. The van der Waals surface area contributed by atoms with E-state index in [1.54, 1.807) is 0 Å². The molecule has 0 bridgehead atoms. The van der Waals surface area contributed by atoms with E-state index in [0.29, 0.717) is 13.0 Å². The minimum absolute atomic E-state index is 0.157. The highest BCUT2D eigenvalue weighted by Crippen LogP contribution is 2.08. The first kappa shape index (κ1) is 13.1. The molecule has 1 aromatic rings. The molecule has 1 fully saturated rings. The molecule has 1 N–H and O–H groups in total. The average molecular weight is 246 g/mol. The average Bonchev–Trinajstić information content (AvgIpc) is 2.45. The van der Waals surface area contributed by atoms with Gasteiger partial charge in [-0.2, -0.15) is 0 Å². The quantitative estimate of drug-likeness (QED) is 0.863. The van der Waals surface area contributed by atoms with Gasteiger partial charge < -0.3 is 10.2 Å². The van der Waals surface area contributed by atoms with Crippen molar-refractivity contribution in [2.45, 2.75) is 32.2 Å². The Morgan fingerprint density at radius 2 is 1.83 bits per heavy atom. The smallest absolute Gasteiger partial charge is 0.221 e. The van der Waals surface area contributed by atoms with Crippen LogP contribution in [0.2, 0.25) is 0 Å². The molecule has 2 rings (SSSR count). The van der Waals surface area contributed by atoms with Crippen LogP contribution in [0.25, 0.3) is 0 Å². The third-order valence-electron chi connectivity index (χ3n) is 3.44. The van der Waals surface area contributed by atoms with E-state index in [4.69, 9.17) is 0 Å². The fourth-order valence-corrected chi connectivity index (χ4v) is 2.33. The fraction of sp³-hybridized carbons (Fsp3) is 0.533. The second kappa shape index (κ2) is 7.17. The van der Waals surface area contributed by atoms with Crippen molar-refractivity contribution in [1.29, 1.82) is 0 Å². The number of hydrogen-bond donors (Lipinski definition) is 1. The minimum Gasteiger partial charge on any atom is -0.352 e. The number of rotatable bonds is 5. The van der Waals surface area contributed by atoms with Gasteiger partial charge in [0.1, 0.15) is 0 Å². The number of amides is 1. The van der Waals surface area contributed by atoms with Crippen molar-refractivity contribution >= 4 is 5.91 Å². The van der Waals surface area contributed by atoms with Gasteiger partial charge in [-0.3, -0.25) is 4.79 Å². The van der Waals surface area contributed by atoms with Gasteiger partial charge in [0.25, 0.3) is 0 Å². The molecule has 3 heteroatoms. The maximum absolute atomic E-state index is 11.7. The summed E-state index contributed by atoms with van der Waals surface area (Å²) in [6, 6.07) is 10.0. The van der Waals surface area contributed by atoms with Crippen LogP contribution < -0.4 is 5.32 Å². The van der Waals surface area contributed by atoms with Gasteiger partial charge in [0, 0.05) is 19.5 Å². The van der Waals surface area contributed by atoms with Crippen molar-refractivity contribution in [2.24, 2.45) is 0 Å². The lowest BCUT2D eigenvalue weighted by molar-refractivity contribution is -0.121. The second-order valence-electron chi connectivity index (χ2n) is 4.91. The number of benzene rings is 1. The highest BCUT2D eigenvalue weighted by atomic mass is 16.1. The molecule has 0 saturated carbocycles. The van der Waals surface area contributed by atoms with Crippen LogP contribution in [-0.2, 0) is 11.3 Å². The zero-order valence-electron chi connectivity index (χ0n) is 10.9. The zero-order valence-corrected chi connectivity index (χ0v) is 10.9. The molecule has 1 heterocycles. The molecule has 98 valence electrons. The number of nitrogens with one attached hydrogen (secondary N) is 1. The van der Waals surface area contributed by atoms with Crippen LogP contribution in [0.5, 0.6) is 0 Å². The van der Waals surface area contributed by atoms with Gasteiger partial charge in [0.2, 0.25) is 5.91 Å². The number of hydrogen-bond acceptors (Lipinski definition) is 2. The Balaban J connectivity index is 1.63. The molecule has 0 radical (unpaired) electrons. The Hall–Kier alpha value is -1.35. The van der Waals surface area contributed by atoms with Crippen LogP contribution in [0, 0.1) is 0 Å². The fourth-order valence-electron chi connectivity index (χ4n) is 2.33. The first-order valence-electron chi connectivity index (χ1n) is 6.87. The predicted molar refractivity (Wildman–Crippen MR) is 73.2 cm³/mol. The topological polar surface area (TPSA) is 32.3 Å². The first-order chi connectivity index (χ1) is 8.84. The summed E-state index contributed by atoms with van der Waals surface area (Å²) in [5.41, 5.74) is 1.16. The van der Waals surface area contributed by atoms with Crippen molar-refractivity contribution in [3.8, 4) is 0 Å². The molecular weight excluding hydrogens is 224 g/mol. The molecule has 0 atom stereocenters. The molecule has 0 spiro atoms. The standard InChI is InChI=1S/C15H22N2O/c18-15(9-12-17-10-5-2-6-11-17)16-13-14-7-3-1-4-8-14/h1,3-4,7-8H,2,5-6,9-13H2,(H,16,18). The summed E-state index contributed by atoms with van der Waals surface area (Å²) in [6.45, 7) is 3.86. The van der Waals surface area contributed by atoms with Gasteiger partial charge >= 0.3 is 0 Å². The number of carbonyl (C=O) groups excluding carboxylic acids is 1. The molecule has 0 aromatic heterocycles. The van der Waals surface area contributed by atoms with Gasteiger partial charge in [0.15, 0.2) is 0 Å². The molecule has 3 nitrogen and oxygen atoms in total. The lowest BCUT2D eigenvalue weighted by Gasteiger charge is -2.25. The highest BCUT2D eigenvalue weighted by Gasteiger charge is 2.11. The van der Waals surface area contributed by atoms with E-state index in [0.717, 1.165) is 25.2 Å². The van der Waals surface area contributed by atoms with Crippen molar-refractivity contribution in [1.82, 2.24) is 10.2 Å². The van der Waals surface area contributed by atoms with E-state index in [1.807, 2.05) is 30.3 Å². The van der Waals surface area contributed by atoms with E-state index >= 15 is 0 Å². The van der Waals surface area contributed by atoms with E-state index < -0.39 is 0 Å². The molecule has 0 unspecified atom stereocenters. The van der Waals surface area contributed by atoms with Crippen LogP contribution in [0.3, 0.4) is 0 Å². The zero-order chi connectivity index (χ0) is 12.6. The first-order valence-corrected chi connectivity index (χ1v) is 6.87. The van der Waals surface area contributed by atoms with Crippen LogP contribution in [-0.4, -0.2) is 30.4 Å². The molecule has 1 amide bonds. The second-order valence-corrected chi connectivity index (χ2v) is 4.91. The molecule has 18 heavy (non-hydrogen) atoms. The number of carbonyl (C=O) groups is 1. The Morgan fingerprint density at radius 1 is 1.11 bits per heavy atom. The lowest BCUT2D eigenvalue weighted by atomic mass is 10.1. The summed E-state index contributed by atoms with van der Waals surface area (Å²) in [4.78, 5) is 14.1. The summed E-state index contributed by atoms with van der Waals surface area (Å²) in [5.74, 6) is 0.157. The highest BCUT2D eigenvalue weighted by molar-refractivity contribution is 5.76. The van der Waals surface area contributed by atoms with Gasteiger partial charge in [0.05, 0.1) is 0 Å². The molecule has 1 aromatic carbocycles. The van der Waals surface area contributed by atoms with Crippen molar-refractivity contribution in [2.75, 3.05) is 19.6 Å². The summed E-state index contributed by atoms with van der Waals surface area (Å²) >= 11 is 0. The lowest BCUT2D eigenvalue weighted by Crippen LogP contribution is -2.34. The molecule has 1 aliphatic rings. The van der Waals surface area contributed by atoms with Crippen LogP contribution >= 0.6 is 0 Å². The van der Waals surface area contributed by atoms with Crippen LogP contribution in [0.15, 0.2) is 30.3 Å². The summed E-state index contributed by atoms with van der Waals surface area (Å²) in [6.07, 6.45) is 4.53. The monoisotopic (exact) mass is 246 g/mol. The summed E-state index contributed by atoms with van der Waals surface area (Å²) in [5, 5.41) is 2.97. The van der Waals surface area contributed by atoms with Gasteiger partial charge in [-0.15, -0.1) is 0 Å². The Kier molecular flexibility index (Phi) is 5.21. The van der Waals surface area contributed by atoms with E-state index in [1.165, 1.54) is 19.3 Å². The van der Waals surface area contributed by atoms with Crippen molar-refractivity contribution in [3.05, 3.63) is 35.9 Å². The Bertz CT molecular complexity index is 358. The van der Waals surface area contributed by atoms with E-state index in [9.17, 15) is 4.79 Å². The molecule has 0 aliphatic carbocycles. The molecule has 1 saturated heterocycles. The molecular formula is C15H22N2O. The predicted octanol–water partition coefficient (Wildman–Crippen LogP) is 2.18. The summed E-state index contributed by atoms with van der Waals surface area (Å²) < 4.78 is 0. The van der Waals surface area contributed by atoms with Crippen molar-refractivity contribution < 1.29 is 4.79 Å². The van der Waals surface area contributed by atoms with Crippen LogP contribution in [0.4, 0.5) is 0 Å². The van der Waals surface area contributed by atoms with Gasteiger partial charge in [-0.25, -0.2) is 0 Å². The van der Waals surface area contributed by atoms with E-state index in [2.05, 4.69) is 10.2 Å². The minimum atomic E-state index is 0.157. The largest absolute Gasteiger partial charge is 0.352 e. The summed E-state index contributed by atoms with van der Waals surface area (Å²) in [7, 11) is 0.